The molecule has 1 aliphatic rings. The summed E-state index contributed by atoms with van der Waals surface area (Å²) in [7, 11) is 0. The summed E-state index contributed by atoms with van der Waals surface area (Å²) in [6.07, 6.45) is 5.11. The van der Waals surface area contributed by atoms with E-state index in [9.17, 15) is 4.79 Å². The van der Waals surface area contributed by atoms with Crippen LogP contribution in [0.4, 0.5) is 5.82 Å². The zero-order valence-corrected chi connectivity index (χ0v) is 13.4. The summed E-state index contributed by atoms with van der Waals surface area (Å²) in [5.41, 5.74) is 1.01. The van der Waals surface area contributed by atoms with Crippen LogP contribution in [0.2, 0.25) is 5.15 Å². The molecule has 0 spiro atoms. The zero-order chi connectivity index (χ0) is 16.1. The highest BCUT2D eigenvalue weighted by molar-refractivity contribution is 6.29. The number of anilines is 1. The molecule has 2 aromatic rings. The zero-order valence-electron chi connectivity index (χ0n) is 12.7. The Morgan fingerprint density at radius 1 is 1.26 bits per heavy atom. The highest BCUT2D eigenvalue weighted by Crippen LogP contribution is 2.22. The quantitative estimate of drug-likeness (QED) is 0.928. The summed E-state index contributed by atoms with van der Waals surface area (Å²) in [6.45, 7) is 2.11. The number of halogens is 1. The van der Waals surface area contributed by atoms with E-state index in [2.05, 4.69) is 25.4 Å². The lowest BCUT2D eigenvalue weighted by Gasteiger charge is -2.31. The van der Waals surface area contributed by atoms with Crippen LogP contribution in [0.25, 0.3) is 0 Å². The summed E-state index contributed by atoms with van der Waals surface area (Å²) < 4.78 is 0. The fourth-order valence-electron chi connectivity index (χ4n) is 2.68. The predicted molar refractivity (Wildman–Crippen MR) is 88.1 cm³/mol. The maximum atomic E-state index is 12.3. The Balaban J connectivity index is 1.48. The number of pyridine rings is 1. The fraction of sp³-hybridized carbons (Fsp3) is 0.375. The molecule has 1 aliphatic heterocycles. The maximum absolute atomic E-state index is 12.3. The fourth-order valence-corrected chi connectivity index (χ4v) is 2.79. The highest BCUT2D eigenvalue weighted by Gasteiger charge is 2.25. The van der Waals surface area contributed by atoms with E-state index in [4.69, 9.17) is 11.6 Å². The molecular weight excluding hydrogens is 314 g/mol. The minimum atomic E-state index is 0.0446. The number of carbonyl (C=O) groups is 1. The first kappa shape index (κ1) is 15.7. The molecule has 1 fully saturated rings. The van der Waals surface area contributed by atoms with Gasteiger partial charge in [0.1, 0.15) is 0 Å². The molecule has 7 heteroatoms. The van der Waals surface area contributed by atoms with Crippen molar-refractivity contribution in [1.82, 2.24) is 20.5 Å². The number of nitrogens with one attached hydrogen (secondary N) is 1. The Morgan fingerprint density at radius 2 is 2.09 bits per heavy atom. The van der Waals surface area contributed by atoms with E-state index in [-0.39, 0.29) is 11.8 Å². The third-order valence-corrected chi connectivity index (χ3v) is 4.20. The minimum absolute atomic E-state index is 0.0446. The van der Waals surface area contributed by atoms with Crippen molar-refractivity contribution in [2.75, 3.05) is 18.0 Å². The molecule has 2 aromatic heterocycles. The van der Waals surface area contributed by atoms with Crippen LogP contribution in [0.5, 0.6) is 0 Å². The highest BCUT2D eigenvalue weighted by atomic mass is 35.5. The van der Waals surface area contributed by atoms with Crippen molar-refractivity contribution in [3.8, 4) is 0 Å². The molecule has 0 atom stereocenters. The average molecular weight is 332 g/mol. The first-order chi connectivity index (χ1) is 11.2. The molecule has 0 aliphatic carbocycles. The molecule has 3 rings (SSSR count). The van der Waals surface area contributed by atoms with Gasteiger partial charge in [0.2, 0.25) is 5.91 Å². The Bertz CT molecular complexity index is 641. The standard InChI is InChI=1S/C16H18ClN5O/c17-14-3-4-15(21-20-14)22-8-5-13(6-9-22)16(23)19-11-12-2-1-7-18-10-12/h1-4,7,10,13H,5-6,8-9,11H2,(H,19,23). The first-order valence-electron chi connectivity index (χ1n) is 7.63. The van der Waals surface area contributed by atoms with Crippen LogP contribution in [0.15, 0.2) is 36.7 Å². The third-order valence-electron chi connectivity index (χ3n) is 4.00. The van der Waals surface area contributed by atoms with Crippen molar-refractivity contribution < 1.29 is 4.79 Å². The van der Waals surface area contributed by atoms with Gasteiger partial charge < -0.3 is 10.2 Å². The lowest BCUT2D eigenvalue weighted by Crippen LogP contribution is -2.40. The summed E-state index contributed by atoms with van der Waals surface area (Å²) in [5, 5.41) is 11.3. The number of nitrogens with zero attached hydrogens (tertiary/aromatic N) is 4. The molecule has 0 unspecified atom stereocenters. The Labute approximate surface area is 139 Å². The van der Waals surface area contributed by atoms with Gasteiger partial charge in [-0.3, -0.25) is 9.78 Å². The largest absolute Gasteiger partial charge is 0.355 e. The molecule has 1 amide bonds. The smallest absolute Gasteiger partial charge is 0.223 e. The second-order valence-corrected chi connectivity index (χ2v) is 5.94. The molecule has 3 heterocycles. The van der Waals surface area contributed by atoms with Gasteiger partial charge in [0.05, 0.1) is 0 Å². The average Bonchev–Trinajstić information content (AvgIpc) is 2.61. The van der Waals surface area contributed by atoms with Crippen molar-refractivity contribution in [3.05, 3.63) is 47.4 Å². The molecule has 1 saturated heterocycles. The number of carbonyl (C=O) groups excluding carboxylic acids is 1. The maximum Gasteiger partial charge on any atom is 0.223 e. The van der Waals surface area contributed by atoms with E-state index in [1.54, 1.807) is 18.5 Å². The monoisotopic (exact) mass is 331 g/mol. The molecule has 0 radical (unpaired) electrons. The van der Waals surface area contributed by atoms with Crippen LogP contribution in [-0.2, 0) is 11.3 Å². The van der Waals surface area contributed by atoms with E-state index >= 15 is 0 Å². The van der Waals surface area contributed by atoms with E-state index in [1.807, 2.05) is 18.2 Å². The van der Waals surface area contributed by atoms with Crippen LogP contribution in [0.1, 0.15) is 18.4 Å². The van der Waals surface area contributed by atoms with E-state index < -0.39 is 0 Å². The third kappa shape index (κ3) is 4.16. The second kappa shape index (κ2) is 7.37. The number of hydrogen-bond donors (Lipinski definition) is 1. The van der Waals surface area contributed by atoms with Gasteiger partial charge in [-0.05, 0) is 36.6 Å². The van der Waals surface area contributed by atoms with Gasteiger partial charge in [0.25, 0.3) is 0 Å². The molecule has 0 saturated carbocycles. The lowest BCUT2D eigenvalue weighted by atomic mass is 9.96. The van der Waals surface area contributed by atoms with E-state index in [0.717, 1.165) is 37.3 Å². The van der Waals surface area contributed by atoms with Gasteiger partial charge in [-0.25, -0.2) is 0 Å². The van der Waals surface area contributed by atoms with Gasteiger partial charge in [0.15, 0.2) is 11.0 Å². The van der Waals surface area contributed by atoms with Crippen LogP contribution < -0.4 is 10.2 Å². The Morgan fingerprint density at radius 3 is 2.74 bits per heavy atom. The summed E-state index contributed by atoms with van der Waals surface area (Å²) >= 11 is 5.75. The second-order valence-electron chi connectivity index (χ2n) is 5.55. The van der Waals surface area contributed by atoms with Crippen molar-refractivity contribution >= 4 is 23.3 Å². The van der Waals surface area contributed by atoms with Crippen LogP contribution in [-0.4, -0.2) is 34.2 Å². The number of aromatic nitrogens is 3. The molecule has 0 bridgehead atoms. The molecule has 6 nitrogen and oxygen atoms in total. The summed E-state index contributed by atoms with van der Waals surface area (Å²) in [4.78, 5) is 18.4. The van der Waals surface area contributed by atoms with Gasteiger partial charge in [-0.1, -0.05) is 17.7 Å². The van der Waals surface area contributed by atoms with E-state index in [0.29, 0.717) is 11.7 Å². The van der Waals surface area contributed by atoms with Crippen LogP contribution >= 0.6 is 11.6 Å². The normalized spacial score (nSPS) is 15.4. The van der Waals surface area contributed by atoms with Crippen molar-refractivity contribution in [3.63, 3.8) is 0 Å². The molecule has 0 aromatic carbocycles. The topological polar surface area (TPSA) is 71.0 Å². The van der Waals surface area contributed by atoms with Gasteiger partial charge >= 0.3 is 0 Å². The number of hydrogen-bond acceptors (Lipinski definition) is 5. The summed E-state index contributed by atoms with van der Waals surface area (Å²) in [5.74, 6) is 0.961. The molecular formula is C16H18ClN5O. The number of rotatable bonds is 4. The van der Waals surface area contributed by atoms with E-state index in [1.165, 1.54) is 0 Å². The van der Waals surface area contributed by atoms with Crippen molar-refractivity contribution in [1.29, 1.82) is 0 Å². The van der Waals surface area contributed by atoms with Crippen LogP contribution in [0, 0.1) is 5.92 Å². The van der Waals surface area contributed by atoms with Gasteiger partial charge in [-0.15, -0.1) is 10.2 Å². The molecule has 120 valence electrons. The lowest BCUT2D eigenvalue weighted by molar-refractivity contribution is -0.125. The number of amides is 1. The SMILES string of the molecule is O=C(NCc1cccnc1)C1CCN(c2ccc(Cl)nn2)CC1. The summed E-state index contributed by atoms with van der Waals surface area (Å²) in [6, 6.07) is 7.41. The van der Waals surface area contributed by atoms with Crippen molar-refractivity contribution in [2.24, 2.45) is 5.92 Å². The Hall–Kier alpha value is -2.21. The Kier molecular flexibility index (Phi) is 5.02. The van der Waals surface area contributed by atoms with Crippen molar-refractivity contribution in [2.45, 2.75) is 19.4 Å². The predicted octanol–water partition coefficient (Wildman–Crippen LogP) is 2.06. The minimum Gasteiger partial charge on any atom is -0.355 e. The number of piperidine rings is 1. The van der Waals surface area contributed by atoms with Gasteiger partial charge in [-0.2, -0.15) is 0 Å². The van der Waals surface area contributed by atoms with Crippen LogP contribution in [0.3, 0.4) is 0 Å². The molecule has 1 N–H and O–H groups in total. The van der Waals surface area contributed by atoms with Gasteiger partial charge in [0, 0.05) is 37.9 Å². The molecule has 23 heavy (non-hydrogen) atoms. The first-order valence-corrected chi connectivity index (χ1v) is 8.01.